The molecule has 0 saturated carbocycles. The van der Waals surface area contributed by atoms with Crippen LogP contribution in [-0.2, 0) is 10.0 Å². The Morgan fingerprint density at radius 1 is 1.33 bits per heavy atom. The van der Waals surface area contributed by atoms with Crippen molar-refractivity contribution in [1.82, 2.24) is 4.31 Å². The van der Waals surface area contributed by atoms with Gasteiger partial charge in [-0.25, -0.2) is 12.7 Å². The van der Waals surface area contributed by atoms with Gasteiger partial charge in [0.25, 0.3) is 0 Å². The van der Waals surface area contributed by atoms with Gasteiger partial charge in [-0.1, -0.05) is 37.0 Å². The van der Waals surface area contributed by atoms with Crippen molar-refractivity contribution in [3.63, 3.8) is 0 Å². The molecule has 2 N–H and O–H groups in total. The summed E-state index contributed by atoms with van der Waals surface area (Å²) in [6, 6.07) is 2.80. The summed E-state index contributed by atoms with van der Waals surface area (Å²) in [5.74, 6) is 0.216. The van der Waals surface area contributed by atoms with Crippen LogP contribution in [0.5, 0.6) is 0 Å². The number of nitrogens with zero attached hydrogens (tertiary/aromatic N) is 1. The quantitative estimate of drug-likeness (QED) is 0.870. The molecule has 0 saturated heterocycles. The molecule has 0 unspecified atom stereocenters. The first-order valence-electron chi connectivity index (χ1n) is 5.37. The first-order valence-corrected chi connectivity index (χ1v) is 7.57. The van der Waals surface area contributed by atoms with Crippen LogP contribution in [0.25, 0.3) is 0 Å². The molecule has 0 atom stereocenters. The van der Waals surface area contributed by atoms with Crippen LogP contribution >= 0.6 is 23.2 Å². The van der Waals surface area contributed by atoms with Crippen molar-refractivity contribution in [2.24, 2.45) is 5.92 Å². The zero-order valence-corrected chi connectivity index (χ0v) is 12.8. The summed E-state index contributed by atoms with van der Waals surface area (Å²) in [7, 11) is -2.13. The highest BCUT2D eigenvalue weighted by atomic mass is 35.5. The van der Waals surface area contributed by atoms with Crippen LogP contribution < -0.4 is 5.73 Å². The van der Waals surface area contributed by atoms with Gasteiger partial charge in [0.05, 0.1) is 15.7 Å². The van der Waals surface area contributed by atoms with Gasteiger partial charge in [-0.05, 0) is 18.1 Å². The standard InChI is InChI=1S/C11H16Cl2N2O2S/c1-7(2)6-15(3)18(16,17)9-5-4-8(12)11(14)10(9)13/h4-5,7H,6,14H2,1-3H3. The first-order chi connectivity index (χ1) is 8.17. The monoisotopic (exact) mass is 310 g/mol. The molecule has 18 heavy (non-hydrogen) atoms. The van der Waals surface area contributed by atoms with Crippen LogP contribution in [0.1, 0.15) is 13.8 Å². The minimum atomic E-state index is -3.64. The molecule has 0 fully saturated rings. The minimum Gasteiger partial charge on any atom is -0.396 e. The Labute approximate surface area is 118 Å². The van der Waals surface area contributed by atoms with Crippen molar-refractivity contribution in [2.75, 3.05) is 19.3 Å². The number of sulfonamides is 1. The van der Waals surface area contributed by atoms with E-state index in [0.29, 0.717) is 6.54 Å². The van der Waals surface area contributed by atoms with Crippen molar-refractivity contribution in [3.05, 3.63) is 22.2 Å². The van der Waals surface area contributed by atoms with Crippen molar-refractivity contribution in [2.45, 2.75) is 18.7 Å². The van der Waals surface area contributed by atoms with Gasteiger partial charge in [0.1, 0.15) is 4.90 Å². The Kier molecular flexibility index (Phi) is 4.89. The number of benzene rings is 1. The van der Waals surface area contributed by atoms with Gasteiger partial charge in [0.2, 0.25) is 10.0 Å². The molecule has 0 aliphatic rings. The summed E-state index contributed by atoms with van der Waals surface area (Å²) < 4.78 is 25.8. The van der Waals surface area contributed by atoms with Gasteiger partial charge >= 0.3 is 0 Å². The largest absolute Gasteiger partial charge is 0.396 e. The maximum absolute atomic E-state index is 12.3. The fourth-order valence-corrected chi connectivity index (χ4v) is 3.60. The number of anilines is 1. The SMILES string of the molecule is CC(C)CN(C)S(=O)(=O)c1ccc(Cl)c(N)c1Cl. The van der Waals surface area contributed by atoms with E-state index in [1.807, 2.05) is 13.8 Å². The van der Waals surface area contributed by atoms with E-state index in [1.54, 1.807) is 0 Å². The van der Waals surface area contributed by atoms with Crippen molar-refractivity contribution < 1.29 is 8.42 Å². The molecule has 4 nitrogen and oxygen atoms in total. The Morgan fingerprint density at radius 2 is 1.89 bits per heavy atom. The molecule has 0 amide bonds. The molecule has 1 rings (SSSR count). The van der Waals surface area contributed by atoms with Gasteiger partial charge in [-0.3, -0.25) is 0 Å². The molecule has 0 spiro atoms. The average molecular weight is 311 g/mol. The fraction of sp³-hybridized carbons (Fsp3) is 0.455. The Hall–Kier alpha value is -0.490. The molecule has 102 valence electrons. The Balaban J connectivity index is 3.25. The molecule has 0 bridgehead atoms. The molecular formula is C11H16Cl2N2O2S. The highest BCUT2D eigenvalue weighted by Gasteiger charge is 2.25. The van der Waals surface area contributed by atoms with E-state index < -0.39 is 10.0 Å². The number of nitrogens with two attached hydrogens (primary N) is 1. The van der Waals surface area contributed by atoms with E-state index in [2.05, 4.69) is 0 Å². The van der Waals surface area contributed by atoms with Gasteiger partial charge in [0, 0.05) is 13.6 Å². The highest BCUT2D eigenvalue weighted by molar-refractivity contribution is 7.89. The molecule has 0 radical (unpaired) electrons. The van der Waals surface area contributed by atoms with Gasteiger partial charge in [-0.15, -0.1) is 0 Å². The minimum absolute atomic E-state index is 0.0192. The zero-order chi connectivity index (χ0) is 14.1. The molecule has 0 aliphatic carbocycles. The summed E-state index contributed by atoms with van der Waals surface area (Å²) in [5.41, 5.74) is 5.71. The van der Waals surface area contributed by atoms with E-state index in [9.17, 15) is 8.42 Å². The molecule has 7 heteroatoms. The van der Waals surface area contributed by atoms with Crippen molar-refractivity contribution in [3.8, 4) is 0 Å². The summed E-state index contributed by atoms with van der Waals surface area (Å²) >= 11 is 11.7. The summed E-state index contributed by atoms with van der Waals surface area (Å²) in [5, 5.41) is 0.212. The van der Waals surface area contributed by atoms with Crippen LogP contribution in [0.3, 0.4) is 0 Å². The van der Waals surface area contributed by atoms with Gasteiger partial charge in [-0.2, -0.15) is 0 Å². The Bertz CT molecular complexity index is 544. The van der Waals surface area contributed by atoms with E-state index in [4.69, 9.17) is 28.9 Å². The Morgan fingerprint density at radius 3 is 2.39 bits per heavy atom. The lowest BCUT2D eigenvalue weighted by molar-refractivity contribution is 0.417. The van der Waals surface area contributed by atoms with E-state index in [0.717, 1.165) is 0 Å². The van der Waals surface area contributed by atoms with E-state index in [-0.39, 0.29) is 26.5 Å². The predicted molar refractivity (Wildman–Crippen MR) is 75.5 cm³/mol. The lowest BCUT2D eigenvalue weighted by atomic mass is 10.2. The third-order valence-electron chi connectivity index (χ3n) is 2.40. The topological polar surface area (TPSA) is 63.4 Å². The number of halogens is 2. The van der Waals surface area contributed by atoms with Crippen LogP contribution in [0, 0.1) is 5.92 Å². The molecule has 0 heterocycles. The van der Waals surface area contributed by atoms with Crippen LogP contribution in [0.15, 0.2) is 17.0 Å². The third kappa shape index (κ3) is 3.09. The predicted octanol–water partition coefficient (Wildman–Crippen LogP) is 2.85. The van der Waals surface area contributed by atoms with E-state index >= 15 is 0 Å². The smallest absolute Gasteiger partial charge is 0.244 e. The second-order valence-corrected chi connectivity index (χ2v) is 7.25. The lowest BCUT2D eigenvalue weighted by Crippen LogP contribution is -2.30. The van der Waals surface area contributed by atoms with E-state index in [1.165, 1.54) is 23.5 Å². The maximum atomic E-state index is 12.3. The number of rotatable bonds is 4. The highest BCUT2D eigenvalue weighted by Crippen LogP contribution is 2.34. The first kappa shape index (κ1) is 15.6. The molecular weight excluding hydrogens is 295 g/mol. The molecule has 1 aromatic rings. The zero-order valence-electron chi connectivity index (χ0n) is 10.4. The van der Waals surface area contributed by atoms with Gasteiger partial charge in [0.15, 0.2) is 0 Å². The van der Waals surface area contributed by atoms with Crippen molar-refractivity contribution >= 4 is 38.9 Å². The van der Waals surface area contributed by atoms with Crippen LogP contribution in [0.2, 0.25) is 10.0 Å². The maximum Gasteiger partial charge on any atom is 0.244 e. The molecule has 1 aromatic carbocycles. The number of hydrogen-bond acceptors (Lipinski definition) is 3. The summed E-state index contributed by atoms with van der Waals surface area (Å²) in [4.78, 5) is -0.0192. The van der Waals surface area contributed by atoms with Gasteiger partial charge < -0.3 is 5.73 Å². The number of hydrogen-bond donors (Lipinski definition) is 1. The second-order valence-electron chi connectivity index (χ2n) is 4.45. The normalized spacial score (nSPS) is 12.4. The molecule has 0 aliphatic heterocycles. The van der Waals surface area contributed by atoms with Crippen LogP contribution in [0.4, 0.5) is 5.69 Å². The summed E-state index contributed by atoms with van der Waals surface area (Å²) in [6.07, 6.45) is 0. The molecule has 0 aromatic heterocycles. The third-order valence-corrected chi connectivity index (χ3v) is 5.12. The number of nitrogen functional groups attached to an aromatic ring is 1. The van der Waals surface area contributed by atoms with Crippen LogP contribution in [-0.4, -0.2) is 26.3 Å². The fourth-order valence-electron chi connectivity index (χ4n) is 1.53. The summed E-state index contributed by atoms with van der Waals surface area (Å²) in [6.45, 7) is 4.27. The average Bonchev–Trinajstić information content (AvgIpc) is 2.24. The van der Waals surface area contributed by atoms with Crippen molar-refractivity contribution in [1.29, 1.82) is 0 Å². The lowest BCUT2D eigenvalue weighted by Gasteiger charge is -2.20. The second kappa shape index (κ2) is 5.65.